The first-order valence-corrected chi connectivity index (χ1v) is 7.45. The third kappa shape index (κ3) is 3.21. The zero-order chi connectivity index (χ0) is 13.9. The highest BCUT2D eigenvalue weighted by molar-refractivity contribution is 5.85. The third-order valence-corrected chi connectivity index (χ3v) is 4.30. The van der Waals surface area contributed by atoms with Crippen LogP contribution in [-0.2, 0) is 7.05 Å². The highest BCUT2D eigenvalue weighted by Crippen LogP contribution is 2.33. The van der Waals surface area contributed by atoms with Crippen molar-refractivity contribution in [1.82, 2.24) is 14.8 Å². The fourth-order valence-electron chi connectivity index (χ4n) is 3.11. The fraction of sp³-hybridized carbons (Fsp3) is 0.500. The van der Waals surface area contributed by atoms with Crippen LogP contribution in [0, 0.1) is 0 Å². The van der Waals surface area contributed by atoms with Crippen molar-refractivity contribution < 1.29 is 0 Å². The molecule has 1 aliphatic carbocycles. The molecule has 0 bridgehead atoms. The lowest BCUT2D eigenvalue weighted by molar-refractivity contribution is 0.420. The van der Waals surface area contributed by atoms with Gasteiger partial charge in [0.25, 0.3) is 0 Å². The van der Waals surface area contributed by atoms with Crippen LogP contribution in [0.3, 0.4) is 0 Å². The molecule has 114 valence electrons. The molecular weight excluding hydrogens is 284 g/mol. The molecule has 1 aliphatic rings. The molecule has 5 heteroatoms. The van der Waals surface area contributed by atoms with E-state index in [-0.39, 0.29) is 12.4 Å². The fourth-order valence-corrected chi connectivity index (χ4v) is 3.11. The van der Waals surface area contributed by atoms with Gasteiger partial charge >= 0.3 is 0 Å². The minimum absolute atomic E-state index is 0. The van der Waals surface area contributed by atoms with Gasteiger partial charge in [-0.25, -0.2) is 0 Å². The van der Waals surface area contributed by atoms with Crippen LogP contribution >= 0.6 is 12.4 Å². The van der Waals surface area contributed by atoms with Crippen molar-refractivity contribution in [2.45, 2.75) is 38.0 Å². The van der Waals surface area contributed by atoms with Gasteiger partial charge in [-0.15, -0.1) is 22.6 Å². The van der Waals surface area contributed by atoms with Crippen molar-refractivity contribution >= 4 is 24.0 Å². The van der Waals surface area contributed by atoms with Gasteiger partial charge in [0.05, 0.1) is 0 Å². The zero-order valence-electron chi connectivity index (χ0n) is 12.7. The molecule has 1 aromatic heterocycles. The molecule has 0 radical (unpaired) electrons. The number of rotatable bonds is 3. The summed E-state index contributed by atoms with van der Waals surface area (Å²) in [5.74, 6) is 2.64. The van der Waals surface area contributed by atoms with E-state index in [1.165, 1.54) is 32.1 Å². The van der Waals surface area contributed by atoms with Crippen LogP contribution in [-0.4, -0.2) is 21.8 Å². The van der Waals surface area contributed by atoms with Gasteiger partial charge in [-0.3, -0.25) is 4.57 Å². The van der Waals surface area contributed by atoms with Crippen molar-refractivity contribution in [3.05, 3.63) is 36.2 Å². The summed E-state index contributed by atoms with van der Waals surface area (Å²) in [6.07, 6.45) is 6.51. The van der Waals surface area contributed by atoms with E-state index in [1.807, 2.05) is 25.2 Å². The van der Waals surface area contributed by atoms with Crippen LogP contribution in [0.4, 0.5) is 11.6 Å². The summed E-state index contributed by atoms with van der Waals surface area (Å²) in [4.78, 5) is 2.10. The van der Waals surface area contributed by atoms with Crippen LogP contribution in [0.2, 0.25) is 0 Å². The predicted molar refractivity (Wildman–Crippen MR) is 88.6 cm³/mol. The van der Waals surface area contributed by atoms with Crippen LogP contribution < -0.4 is 4.90 Å². The van der Waals surface area contributed by atoms with Crippen molar-refractivity contribution in [3.63, 3.8) is 0 Å². The minimum Gasteiger partial charge on any atom is -0.314 e. The molecule has 0 saturated heterocycles. The zero-order valence-corrected chi connectivity index (χ0v) is 13.5. The molecule has 0 atom stereocenters. The Morgan fingerprint density at radius 1 is 1.05 bits per heavy atom. The summed E-state index contributed by atoms with van der Waals surface area (Å²) >= 11 is 0. The van der Waals surface area contributed by atoms with Crippen LogP contribution in [0.1, 0.15) is 43.8 Å². The average Bonchev–Trinajstić information content (AvgIpc) is 2.90. The largest absolute Gasteiger partial charge is 0.314 e. The van der Waals surface area contributed by atoms with E-state index < -0.39 is 0 Å². The standard InChI is InChI=1S/C16H22N4.ClH/c1-19(14-11-7-4-8-12-14)16-18-17-15(20(16)2)13-9-5-3-6-10-13;/h4,7-8,11-13H,3,5-6,9-10H2,1-2H3;1H. The number of anilines is 2. The monoisotopic (exact) mass is 306 g/mol. The van der Waals surface area contributed by atoms with Gasteiger partial charge < -0.3 is 4.90 Å². The lowest BCUT2D eigenvalue weighted by Gasteiger charge is -2.22. The van der Waals surface area contributed by atoms with Crippen molar-refractivity contribution in [3.8, 4) is 0 Å². The van der Waals surface area contributed by atoms with Crippen LogP contribution in [0.15, 0.2) is 30.3 Å². The first-order valence-electron chi connectivity index (χ1n) is 7.45. The van der Waals surface area contributed by atoms with Crippen molar-refractivity contribution in [1.29, 1.82) is 0 Å². The summed E-state index contributed by atoms with van der Waals surface area (Å²) in [7, 11) is 4.13. The van der Waals surface area contributed by atoms with E-state index in [0.29, 0.717) is 5.92 Å². The molecule has 0 unspecified atom stereocenters. The Bertz CT molecular complexity index is 561. The van der Waals surface area contributed by atoms with E-state index in [0.717, 1.165) is 17.5 Å². The number of nitrogens with zero attached hydrogens (tertiary/aromatic N) is 4. The maximum absolute atomic E-state index is 4.46. The maximum atomic E-state index is 4.46. The van der Waals surface area contributed by atoms with E-state index in [4.69, 9.17) is 0 Å². The van der Waals surface area contributed by atoms with Gasteiger partial charge in [0.1, 0.15) is 5.82 Å². The van der Waals surface area contributed by atoms with Gasteiger partial charge in [0, 0.05) is 25.7 Å². The Kier molecular flexibility index (Phi) is 5.23. The highest BCUT2D eigenvalue weighted by Gasteiger charge is 2.23. The second-order valence-corrected chi connectivity index (χ2v) is 5.65. The Balaban J connectivity index is 0.00000161. The van der Waals surface area contributed by atoms with Crippen molar-refractivity contribution in [2.24, 2.45) is 7.05 Å². The Hall–Kier alpha value is -1.55. The quantitative estimate of drug-likeness (QED) is 0.858. The number of hydrogen-bond acceptors (Lipinski definition) is 3. The molecule has 0 aliphatic heterocycles. The lowest BCUT2D eigenvalue weighted by Crippen LogP contribution is -2.16. The smallest absolute Gasteiger partial charge is 0.231 e. The van der Waals surface area contributed by atoms with Gasteiger partial charge in [0.15, 0.2) is 0 Å². The van der Waals surface area contributed by atoms with E-state index in [1.54, 1.807) is 0 Å². The van der Waals surface area contributed by atoms with Crippen molar-refractivity contribution in [2.75, 3.05) is 11.9 Å². The first-order chi connectivity index (χ1) is 9.77. The summed E-state index contributed by atoms with van der Waals surface area (Å²) < 4.78 is 2.16. The number of aromatic nitrogens is 3. The molecule has 1 fully saturated rings. The van der Waals surface area contributed by atoms with Crippen LogP contribution in [0.25, 0.3) is 0 Å². The van der Waals surface area contributed by atoms with Crippen LogP contribution in [0.5, 0.6) is 0 Å². The highest BCUT2D eigenvalue weighted by atomic mass is 35.5. The van der Waals surface area contributed by atoms with Gasteiger partial charge in [-0.1, -0.05) is 37.5 Å². The first kappa shape index (κ1) is 15.8. The molecule has 1 aromatic carbocycles. The SMILES string of the molecule is CN(c1ccccc1)c1nnc(C2CCCCC2)n1C.Cl. The molecule has 4 nitrogen and oxygen atoms in total. The van der Waals surface area contributed by atoms with Gasteiger partial charge in [0.2, 0.25) is 5.95 Å². The average molecular weight is 307 g/mol. The Morgan fingerprint density at radius 3 is 2.38 bits per heavy atom. The summed E-state index contributed by atoms with van der Waals surface area (Å²) in [5.41, 5.74) is 1.14. The molecule has 0 spiro atoms. The van der Waals surface area contributed by atoms with E-state index in [2.05, 4.69) is 38.8 Å². The third-order valence-electron chi connectivity index (χ3n) is 4.30. The molecule has 0 N–H and O–H groups in total. The molecule has 1 heterocycles. The second-order valence-electron chi connectivity index (χ2n) is 5.65. The molecule has 2 aromatic rings. The summed E-state index contributed by atoms with van der Waals surface area (Å²) in [6, 6.07) is 10.3. The normalized spacial score (nSPS) is 15.5. The molecule has 21 heavy (non-hydrogen) atoms. The molecule has 0 amide bonds. The minimum atomic E-state index is 0. The molecule has 3 rings (SSSR count). The lowest BCUT2D eigenvalue weighted by atomic mass is 9.89. The Morgan fingerprint density at radius 2 is 1.71 bits per heavy atom. The molecule has 1 saturated carbocycles. The van der Waals surface area contributed by atoms with E-state index >= 15 is 0 Å². The number of para-hydroxylation sites is 1. The topological polar surface area (TPSA) is 34.0 Å². The second kappa shape index (κ2) is 6.94. The maximum Gasteiger partial charge on any atom is 0.231 e. The number of hydrogen-bond donors (Lipinski definition) is 0. The number of halogens is 1. The van der Waals surface area contributed by atoms with E-state index in [9.17, 15) is 0 Å². The summed E-state index contributed by atoms with van der Waals surface area (Å²) in [6.45, 7) is 0. The van der Waals surface area contributed by atoms with Gasteiger partial charge in [-0.2, -0.15) is 0 Å². The molecular formula is C16H23ClN4. The predicted octanol–water partition coefficient (Wildman–Crippen LogP) is 4.05. The summed E-state index contributed by atoms with van der Waals surface area (Å²) in [5, 5.41) is 8.86. The van der Waals surface area contributed by atoms with Gasteiger partial charge in [-0.05, 0) is 25.0 Å². The Labute approximate surface area is 132 Å². The number of benzene rings is 1.